The molecule has 6 nitrogen and oxygen atoms in total. The Kier molecular flexibility index (Phi) is 6.40. The highest BCUT2D eigenvalue weighted by Crippen LogP contribution is 2.19. The van der Waals surface area contributed by atoms with Crippen molar-refractivity contribution in [2.24, 2.45) is 5.41 Å². The molecule has 0 unspecified atom stereocenters. The molecule has 142 valence electrons. The lowest BCUT2D eigenvalue weighted by Crippen LogP contribution is -2.53. The van der Waals surface area contributed by atoms with Gasteiger partial charge in [0.2, 0.25) is 5.91 Å². The maximum absolute atomic E-state index is 12.3. The zero-order valence-corrected chi connectivity index (χ0v) is 16.1. The SMILES string of the molecule is CCC(=O)c1ccc(OCC(=O)N2CCN(C(=O)C(C)(C)C)CC2)cc1. The second kappa shape index (κ2) is 8.34. The summed E-state index contributed by atoms with van der Waals surface area (Å²) >= 11 is 0. The number of carbonyl (C=O) groups is 3. The van der Waals surface area contributed by atoms with E-state index in [2.05, 4.69) is 0 Å². The van der Waals surface area contributed by atoms with Gasteiger partial charge in [-0.1, -0.05) is 27.7 Å². The summed E-state index contributed by atoms with van der Waals surface area (Å²) in [7, 11) is 0. The van der Waals surface area contributed by atoms with Crippen molar-refractivity contribution in [2.75, 3.05) is 32.8 Å². The lowest BCUT2D eigenvalue weighted by Gasteiger charge is -2.37. The van der Waals surface area contributed by atoms with Crippen LogP contribution in [0.1, 0.15) is 44.5 Å². The quantitative estimate of drug-likeness (QED) is 0.756. The lowest BCUT2D eigenvalue weighted by molar-refractivity contribution is -0.145. The molecule has 0 N–H and O–H groups in total. The Morgan fingerprint density at radius 2 is 1.50 bits per heavy atom. The molecular weight excluding hydrogens is 332 g/mol. The van der Waals surface area contributed by atoms with Crippen molar-refractivity contribution in [3.63, 3.8) is 0 Å². The minimum absolute atomic E-state index is 0.0473. The Balaban J connectivity index is 1.81. The Morgan fingerprint density at radius 3 is 2.00 bits per heavy atom. The molecule has 26 heavy (non-hydrogen) atoms. The Bertz CT molecular complexity index is 653. The molecular formula is C20H28N2O4. The molecule has 0 radical (unpaired) electrons. The molecule has 0 aromatic heterocycles. The summed E-state index contributed by atoms with van der Waals surface area (Å²) in [6.45, 7) is 9.63. The van der Waals surface area contributed by atoms with Crippen molar-refractivity contribution < 1.29 is 19.1 Å². The van der Waals surface area contributed by atoms with E-state index in [1.165, 1.54) is 0 Å². The molecule has 1 aromatic rings. The molecule has 1 aliphatic rings. The molecule has 1 heterocycles. The molecule has 0 bridgehead atoms. The fourth-order valence-electron chi connectivity index (χ4n) is 2.81. The minimum atomic E-state index is -0.402. The zero-order valence-electron chi connectivity index (χ0n) is 16.1. The molecule has 0 atom stereocenters. The third-order valence-corrected chi connectivity index (χ3v) is 4.42. The third kappa shape index (κ3) is 5.07. The van der Waals surface area contributed by atoms with Gasteiger partial charge in [0.25, 0.3) is 5.91 Å². The van der Waals surface area contributed by atoms with Gasteiger partial charge in [-0.05, 0) is 24.3 Å². The summed E-state index contributed by atoms with van der Waals surface area (Å²) in [5, 5.41) is 0. The van der Waals surface area contributed by atoms with E-state index < -0.39 is 5.41 Å². The summed E-state index contributed by atoms with van der Waals surface area (Å²) < 4.78 is 5.53. The van der Waals surface area contributed by atoms with Crippen LogP contribution in [-0.4, -0.2) is 60.2 Å². The van der Waals surface area contributed by atoms with E-state index in [1.807, 2.05) is 32.6 Å². The number of ether oxygens (including phenoxy) is 1. The van der Waals surface area contributed by atoms with Crippen molar-refractivity contribution >= 4 is 17.6 Å². The molecule has 6 heteroatoms. The fraction of sp³-hybridized carbons (Fsp3) is 0.550. The number of benzene rings is 1. The van der Waals surface area contributed by atoms with Gasteiger partial charge in [-0.3, -0.25) is 14.4 Å². The molecule has 2 rings (SSSR count). The second-order valence-electron chi connectivity index (χ2n) is 7.51. The number of hydrogen-bond acceptors (Lipinski definition) is 4. The van der Waals surface area contributed by atoms with E-state index in [4.69, 9.17) is 4.74 Å². The van der Waals surface area contributed by atoms with Crippen LogP contribution < -0.4 is 4.74 Å². The zero-order chi connectivity index (χ0) is 19.3. The van der Waals surface area contributed by atoms with Crippen LogP contribution in [-0.2, 0) is 9.59 Å². The van der Waals surface area contributed by atoms with Gasteiger partial charge in [-0.25, -0.2) is 0 Å². The molecule has 1 aliphatic heterocycles. The van der Waals surface area contributed by atoms with E-state index in [1.54, 1.807) is 29.2 Å². The van der Waals surface area contributed by atoms with Crippen molar-refractivity contribution in [3.8, 4) is 5.75 Å². The smallest absolute Gasteiger partial charge is 0.260 e. The first kappa shape index (κ1) is 19.9. The highest BCUT2D eigenvalue weighted by molar-refractivity contribution is 5.95. The number of piperazine rings is 1. The van der Waals surface area contributed by atoms with Gasteiger partial charge in [0.05, 0.1) is 0 Å². The fourth-order valence-corrected chi connectivity index (χ4v) is 2.81. The number of ketones is 1. The largest absolute Gasteiger partial charge is 0.484 e. The Hall–Kier alpha value is -2.37. The van der Waals surface area contributed by atoms with Gasteiger partial charge in [0.15, 0.2) is 12.4 Å². The van der Waals surface area contributed by atoms with E-state index in [9.17, 15) is 14.4 Å². The summed E-state index contributed by atoms with van der Waals surface area (Å²) in [6.07, 6.45) is 0.461. The second-order valence-corrected chi connectivity index (χ2v) is 7.51. The first-order valence-corrected chi connectivity index (χ1v) is 9.05. The van der Waals surface area contributed by atoms with Crippen molar-refractivity contribution in [1.82, 2.24) is 9.80 Å². The van der Waals surface area contributed by atoms with Crippen LogP contribution in [0.5, 0.6) is 5.75 Å². The van der Waals surface area contributed by atoms with Gasteiger partial charge < -0.3 is 14.5 Å². The average Bonchev–Trinajstić information content (AvgIpc) is 2.64. The van der Waals surface area contributed by atoms with E-state index >= 15 is 0 Å². The predicted molar refractivity (Wildman–Crippen MR) is 99.2 cm³/mol. The summed E-state index contributed by atoms with van der Waals surface area (Å²) in [5.41, 5.74) is 0.242. The number of hydrogen-bond donors (Lipinski definition) is 0. The topological polar surface area (TPSA) is 66.9 Å². The normalized spacial score (nSPS) is 14.9. The van der Waals surface area contributed by atoms with Crippen LogP contribution in [0.15, 0.2) is 24.3 Å². The molecule has 0 saturated carbocycles. The summed E-state index contributed by atoms with van der Waals surface area (Å²) in [6, 6.07) is 6.83. The first-order valence-electron chi connectivity index (χ1n) is 9.05. The van der Waals surface area contributed by atoms with Crippen molar-refractivity contribution in [1.29, 1.82) is 0 Å². The number of nitrogens with zero attached hydrogens (tertiary/aromatic N) is 2. The molecule has 0 spiro atoms. The van der Waals surface area contributed by atoms with E-state index in [-0.39, 0.29) is 24.2 Å². The van der Waals surface area contributed by atoms with Crippen LogP contribution in [0.2, 0.25) is 0 Å². The van der Waals surface area contributed by atoms with Crippen LogP contribution in [0, 0.1) is 5.41 Å². The van der Waals surface area contributed by atoms with Crippen LogP contribution >= 0.6 is 0 Å². The van der Waals surface area contributed by atoms with Crippen molar-refractivity contribution in [3.05, 3.63) is 29.8 Å². The number of carbonyl (C=O) groups excluding carboxylic acids is 3. The van der Waals surface area contributed by atoms with Gasteiger partial charge in [0, 0.05) is 43.6 Å². The predicted octanol–water partition coefficient (Wildman–Crippen LogP) is 2.38. The minimum Gasteiger partial charge on any atom is -0.484 e. The standard InChI is InChI=1S/C20H28N2O4/c1-5-17(23)15-6-8-16(9-7-15)26-14-18(24)21-10-12-22(13-11-21)19(25)20(2,3)4/h6-9H,5,10-14H2,1-4H3. The highest BCUT2D eigenvalue weighted by Gasteiger charge is 2.30. The van der Waals surface area contributed by atoms with Crippen LogP contribution in [0.25, 0.3) is 0 Å². The number of Topliss-reactive ketones (excluding diaryl/α,β-unsaturated/α-hetero) is 1. The molecule has 1 fully saturated rings. The average molecular weight is 360 g/mol. The molecule has 0 aliphatic carbocycles. The summed E-state index contributed by atoms with van der Waals surface area (Å²) in [5.74, 6) is 0.659. The third-order valence-electron chi connectivity index (χ3n) is 4.42. The Labute approximate surface area is 155 Å². The summed E-state index contributed by atoms with van der Waals surface area (Å²) in [4.78, 5) is 39.7. The maximum Gasteiger partial charge on any atom is 0.260 e. The van der Waals surface area contributed by atoms with Crippen LogP contribution in [0.4, 0.5) is 0 Å². The van der Waals surface area contributed by atoms with Gasteiger partial charge in [-0.2, -0.15) is 0 Å². The van der Waals surface area contributed by atoms with Crippen molar-refractivity contribution in [2.45, 2.75) is 34.1 Å². The van der Waals surface area contributed by atoms with Gasteiger partial charge in [0.1, 0.15) is 5.75 Å². The molecule has 1 saturated heterocycles. The maximum atomic E-state index is 12.3. The first-order chi connectivity index (χ1) is 12.2. The van der Waals surface area contributed by atoms with Gasteiger partial charge >= 0.3 is 0 Å². The molecule has 2 amide bonds. The van der Waals surface area contributed by atoms with Gasteiger partial charge in [-0.15, -0.1) is 0 Å². The molecule has 1 aromatic carbocycles. The highest BCUT2D eigenvalue weighted by atomic mass is 16.5. The van der Waals surface area contributed by atoms with Crippen LogP contribution in [0.3, 0.4) is 0 Å². The number of amides is 2. The van der Waals surface area contributed by atoms with E-state index in [0.29, 0.717) is 43.9 Å². The lowest BCUT2D eigenvalue weighted by atomic mass is 9.94. The number of rotatable bonds is 5. The monoisotopic (exact) mass is 360 g/mol. The van der Waals surface area contributed by atoms with E-state index in [0.717, 1.165) is 0 Å². The Morgan fingerprint density at radius 1 is 0.962 bits per heavy atom.